The summed E-state index contributed by atoms with van der Waals surface area (Å²) in [4.78, 5) is 84.5. The number of hydrogen-bond acceptors (Lipinski definition) is 8. The van der Waals surface area contributed by atoms with Gasteiger partial charge in [0.05, 0.1) is 6.42 Å². The maximum atomic E-state index is 13.0. The maximum absolute atomic E-state index is 13.0. The molecule has 4 atom stereocenters. The van der Waals surface area contributed by atoms with Crippen LogP contribution in [0.1, 0.15) is 45.6 Å². The lowest BCUT2D eigenvalue weighted by atomic mass is 10.0. The molecule has 41 heavy (non-hydrogen) atoms. The Labute approximate surface area is 235 Å². The number of nitrogens with one attached hydrogen (secondary N) is 4. The smallest absolute Gasteiger partial charge is 0.408 e. The highest BCUT2D eigenvalue weighted by atomic mass is 19.1. The quantitative estimate of drug-likeness (QED) is 0.147. The van der Waals surface area contributed by atoms with Crippen LogP contribution in [0.4, 0.5) is 9.18 Å². The number of carboxylic acid groups (broad SMARTS) is 2. The number of alkyl halides is 1. The first-order valence-electron chi connectivity index (χ1n) is 12.7. The summed E-state index contributed by atoms with van der Waals surface area (Å²) < 4.78 is 17.9. The van der Waals surface area contributed by atoms with E-state index in [0.29, 0.717) is 5.56 Å². The normalized spacial score (nSPS) is 13.6. The van der Waals surface area contributed by atoms with Crippen molar-refractivity contribution in [1.82, 2.24) is 21.3 Å². The first-order chi connectivity index (χ1) is 19.2. The van der Waals surface area contributed by atoms with Crippen molar-refractivity contribution >= 4 is 41.5 Å². The maximum Gasteiger partial charge on any atom is 0.408 e. The fourth-order valence-corrected chi connectivity index (χ4v) is 3.40. The van der Waals surface area contributed by atoms with E-state index in [9.17, 15) is 38.0 Å². The van der Waals surface area contributed by atoms with Gasteiger partial charge >= 0.3 is 18.0 Å². The molecule has 0 heterocycles. The van der Waals surface area contributed by atoms with Crippen LogP contribution in [0, 0.1) is 5.92 Å². The number of Topliss-reactive ketones (excluding diaryl/α,β-unsaturated/α-hetero) is 1. The molecule has 1 aromatic rings. The lowest BCUT2D eigenvalue weighted by molar-refractivity contribution is -0.141. The van der Waals surface area contributed by atoms with Gasteiger partial charge in [-0.2, -0.15) is 0 Å². The van der Waals surface area contributed by atoms with Crippen molar-refractivity contribution in [2.24, 2.45) is 5.92 Å². The van der Waals surface area contributed by atoms with Crippen LogP contribution in [0.25, 0.3) is 0 Å². The average Bonchev–Trinajstić information content (AvgIpc) is 2.91. The summed E-state index contributed by atoms with van der Waals surface area (Å²) >= 11 is 0. The Morgan fingerprint density at radius 3 is 1.95 bits per heavy atom. The number of carboxylic acids is 2. The highest BCUT2D eigenvalue weighted by Gasteiger charge is 2.33. The Morgan fingerprint density at radius 2 is 1.41 bits per heavy atom. The molecule has 6 N–H and O–H groups in total. The van der Waals surface area contributed by atoms with E-state index in [4.69, 9.17) is 14.9 Å². The van der Waals surface area contributed by atoms with E-state index in [1.165, 1.54) is 20.8 Å². The van der Waals surface area contributed by atoms with Crippen LogP contribution >= 0.6 is 0 Å². The molecular formula is C26H35FN4O10. The van der Waals surface area contributed by atoms with Gasteiger partial charge in [-0.05, 0) is 24.8 Å². The van der Waals surface area contributed by atoms with Crippen molar-refractivity contribution in [1.29, 1.82) is 0 Å². The number of carbonyl (C=O) groups is 7. The number of rotatable bonds is 17. The van der Waals surface area contributed by atoms with Crippen molar-refractivity contribution < 1.29 is 52.9 Å². The molecule has 0 aliphatic heterocycles. The molecule has 0 aliphatic rings. The van der Waals surface area contributed by atoms with Crippen molar-refractivity contribution in [2.75, 3.05) is 6.67 Å². The number of ketones is 1. The first-order valence-corrected chi connectivity index (χ1v) is 12.7. The Morgan fingerprint density at radius 1 is 0.805 bits per heavy atom. The van der Waals surface area contributed by atoms with Crippen molar-refractivity contribution in [3.05, 3.63) is 35.9 Å². The molecule has 4 amide bonds. The molecule has 226 valence electrons. The van der Waals surface area contributed by atoms with Crippen LogP contribution in [0.15, 0.2) is 30.3 Å². The fourth-order valence-electron chi connectivity index (χ4n) is 3.40. The lowest BCUT2D eigenvalue weighted by Gasteiger charge is -2.27. The number of halogens is 1. The summed E-state index contributed by atoms with van der Waals surface area (Å²) in [7, 11) is 0. The number of alkyl carbamates (subject to hydrolysis) is 1. The number of ether oxygens (including phenoxy) is 1. The third-order valence-corrected chi connectivity index (χ3v) is 5.68. The van der Waals surface area contributed by atoms with E-state index < -0.39 is 91.1 Å². The summed E-state index contributed by atoms with van der Waals surface area (Å²) in [5.41, 5.74) is 0.706. The molecule has 1 unspecified atom stereocenters. The van der Waals surface area contributed by atoms with Crippen LogP contribution in [-0.4, -0.2) is 82.6 Å². The molecule has 0 aromatic heterocycles. The number of carbonyl (C=O) groups excluding carboxylic acids is 5. The summed E-state index contributed by atoms with van der Waals surface area (Å²) in [5, 5.41) is 27.1. The van der Waals surface area contributed by atoms with E-state index >= 15 is 0 Å². The van der Waals surface area contributed by atoms with Gasteiger partial charge in [0.1, 0.15) is 37.4 Å². The zero-order valence-electron chi connectivity index (χ0n) is 22.8. The van der Waals surface area contributed by atoms with Crippen LogP contribution in [0.3, 0.4) is 0 Å². The molecule has 0 spiro atoms. The minimum Gasteiger partial charge on any atom is -0.481 e. The molecule has 1 aromatic carbocycles. The van der Waals surface area contributed by atoms with Crippen molar-refractivity contribution in [3.63, 3.8) is 0 Å². The van der Waals surface area contributed by atoms with E-state index in [1.54, 1.807) is 30.3 Å². The molecule has 0 saturated carbocycles. The SMILES string of the molecule is CC(C)[C@H](NC(=O)[C@H](CCC(=O)O)NC(=O)[C@H](C)NC(=O)OCc1ccccc1)C(=O)NC(CC(=O)O)C(=O)CF. The molecule has 1 rings (SSSR count). The molecule has 0 aliphatic carbocycles. The molecular weight excluding hydrogens is 547 g/mol. The van der Waals surface area contributed by atoms with Crippen molar-refractivity contribution in [3.8, 4) is 0 Å². The Kier molecular flexibility index (Phi) is 14.5. The summed E-state index contributed by atoms with van der Waals surface area (Å²) in [5.74, 6) is -7.34. The van der Waals surface area contributed by atoms with Crippen LogP contribution in [0.2, 0.25) is 0 Å². The molecule has 0 radical (unpaired) electrons. The predicted molar refractivity (Wildman–Crippen MR) is 140 cm³/mol. The van der Waals surface area contributed by atoms with E-state index in [1.807, 2.05) is 0 Å². The fraction of sp³-hybridized carbons (Fsp3) is 0.500. The topological polar surface area (TPSA) is 217 Å². The van der Waals surface area contributed by atoms with Gasteiger partial charge in [-0.25, -0.2) is 9.18 Å². The average molecular weight is 583 g/mol. The highest BCUT2D eigenvalue weighted by molar-refractivity contribution is 5.96. The molecule has 15 heteroatoms. The van der Waals surface area contributed by atoms with E-state index in [2.05, 4.69) is 21.3 Å². The molecule has 0 saturated heterocycles. The van der Waals surface area contributed by atoms with Crippen LogP contribution < -0.4 is 21.3 Å². The van der Waals surface area contributed by atoms with Gasteiger partial charge in [0.25, 0.3) is 0 Å². The monoisotopic (exact) mass is 582 g/mol. The van der Waals surface area contributed by atoms with E-state index in [0.717, 1.165) is 0 Å². The van der Waals surface area contributed by atoms with Gasteiger partial charge in [0.2, 0.25) is 17.7 Å². The molecule has 0 fully saturated rings. The van der Waals surface area contributed by atoms with Gasteiger partial charge in [-0.3, -0.25) is 28.8 Å². The second kappa shape index (κ2) is 17.2. The second-order valence-electron chi connectivity index (χ2n) is 9.41. The third kappa shape index (κ3) is 12.9. The summed E-state index contributed by atoms with van der Waals surface area (Å²) in [6.07, 6.45) is -2.72. The minimum absolute atomic E-state index is 0.0619. The van der Waals surface area contributed by atoms with Gasteiger partial charge < -0.3 is 36.2 Å². The van der Waals surface area contributed by atoms with Crippen LogP contribution in [-0.2, 0) is 40.1 Å². The van der Waals surface area contributed by atoms with Gasteiger partial charge in [0.15, 0.2) is 5.78 Å². The van der Waals surface area contributed by atoms with Gasteiger partial charge in [0, 0.05) is 6.42 Å². The first kappa shape index (κ1) is 34.5. The zero-order valence-corrected chi connectivity index (χ0v) is 22.8. The lowest BCUT2D eigenvalue weighted by Crippen LogP contribution is -2.59. The molecule has 14 nitrogen and oxygen atoms in total. The Hall–Kier alpha value is -4.56. The standard InChI is InChI=1S/C26H35FN4O10/c1-14(2)22(25(39)30-18(11-21(35)36)19(32)12-27)31-24(38)17(9-10-20(33)34)29-23(37)15(3)28-26(40)41-13-16-7-5-4-6-8-16/h4-8,14-15,17-18,22H,9-13H2,1-3H3,(H,28,40)(H,29,37)(H,30,39)(H,31,38)(H,33,34)(H,35,36)/t15-,17-,18?,22-/m0/s1. The van der Waals surface area contributed by atoms with E-state index in [-0.39, 0.29) is 13.0 Å². The number of amides is 4. The van der Waals surface area contributed by atoms with Crippen LogP contribution in [0.5, 0.6) is 0 Å². The number of aliphatic carboxylic acids is 2. The summed E-state index contributed by atoms with van der Waals surface area (Å²) in [6, 6.07) is 3.03. The zero-order chi connectivity index (χ0) is 31.1. The van der Waals surface area contributed by atoms with Gasteiger partial charge in [-0.15, -0.1) is 0 Å². The summed E-state index contributed by atoms with van der Waals surface area (Å²) in [6.45, 7) is 2.76. The molecule has 0 bridgehead atoms. The Bertz CT molecular complexity index is 1100. The van der Waals surface area contributed by atoms with Crippen molar-refractivity contribution in [2.45, 2.75) is 70.8 Å². The minimum atomic E-state index is -1.68. The second-order valence-corrected chi connectivity index (χ2v) is 9.41. The van der Waals surface area contributed by atoms with Gasteiger partial charge in [-0.1, -0.05) is 44.2 Å². The third-order valence-electron chi connectivity index (χ3n) is 5.68. The number of benzene rings is 1. The number of hydrogen-bond donors (Lipinski definition) is 6. The predicted octanol–water partition coefficient (Wildman–Crippen LogP) is 0.290. The largest absolute Gasteiger partial charge is 0.481 e. The highest BCUT2D eigenvalue weighted by Crippen LogP contribution is 2.08. The Balaban J connectivity index is 2.91.